The zero-order valence-corrected chi connectivity index (χ0v) is 14.1. The van der Waals surface area contributed by atoms with Crippen LogP contribution >= 0.6 is 10.1 Å². The molecule has 0 amide bonds. The molecule has 1 aromatic carbocycles. The summed E-state index contributed by atoms with van der Waals surface area (Å²) in [5, 5.41) is 0. The van der Waals surface area contributed by atoms with Gasteiger partial charge in [-0.3, -0.25) is 0 Å². The second kappa shape index (κ2) is 6.17. The Morgan fingerprint density at radius 1 is 1.24 bits per heavy atom. The summed E-state index contributed by atoms with van der Waals surface area (Å²) < 4.78 is 2.40. The van der Waals surface area contributed by atoms with Gasteiger partial charge in [-0.2, -0.15) is 0 Å². The first-order valence-electron chi connectivity index (χ1n) is 5.61. The normalized spacial score (nSPS) is 19.4. The summed E-state index contributed by atoms with van der Waals surface area (Å²) >= 11 is 0.374. The van der Waals surface area contributed by atoms with Crippen LogP contribution in [-0.2, 0) is 0 Å². The Morgan fingerprint density at radius 2 is 1.88 bits per heavy atom. The van der Waals surface area contributed by atoms with Crippen LogP contribution in [-0.4, -0.2) is 51.1 Å². The van der Waals surface area contributed by atoms with Crippen LogP contribution in [0.1, 0.15) is 19.4 Å². The van der Waals surface area contributed by atoms with E-state index >= 15 is 0 Å². The van der Waals surface area contributed by atoms with Gasteiger partial charge >= 0.3 is 116 Å². The topological polar surface area (TPSA) is 15.6 Å². The van der Waals surface area contributed by atoms with Crippen molar-refractivity contribution in [1.82, 2.24) is 4.90 Å². The second-order valence-corrected chi connectivity index (χ2v) is 15.6. The summed E-state index contributed by atoms with van der Waals surface area (Å²) in [6.45, 7) is 6.39. The molecule has 0 aromatic heterocycles. The number of hydrogen-bond donors (Lipinski definition) is 0. The number of aliphatic imine (C=N–C) groups is 1. The number of benzene rings is 1. The minimum absolute atomic E-state index is 0.374. The van der Waals surface area contributed by atoms with E-state index in [0.29, 0.717) is 13.1 Å². The van der Waals surface area contributed by atoms with Crippen molar-refractivity contribution in [3.05, 3.63) is 35.9 Å². The monoisotopic (exact) mass is 382 g/mol. The van der Waals surface area contributed by atoms with E-state index in [1.165, 1.54) is 10.3 Å². The fourth-order valence-electron chi connectivity index (χ4n) is 1.60. The van der Waals surface area contributed by atoms with Crippen molar-refractivity contribution in [2.45, 2.75) is 13.8 Å². The van der Waals surface area contributed by atoms with Gasteiger partial charge in [0, 0.05) is 0 Å². The molecule has 17 heavy (non-hydrogen) atoms. The molecule has 2 nitrogen and oxygen atoms in total. The van der Waals surface area contributed by atoms with Crippen LogP contribution in [0, 0.1) is 0 Å². The second-order valence-electron chi connectivity index (χ2n) is 3.54. The van der Waals surface area contributed by atoms with Crippen molar-refractivity contribution >= 4 is 43.2 Å². The first-order valence-corrected chi connectivity index (χ1v) is 13.9. The van der Waals surface area contributed by atoms with Gasteiger partial charge in [-0.05, 0) is 0 Å². The van der Waals surface area contributed by atoms with Crippen molar-refractivity contribution < 1.29 is 0 Å². The van der Waals surface area contributed by atoms with Gasteiger partial charge in [-0.15, -0.1) is 0 Å². The van der Waals surface area contributed by atoms with Gasteiger partial charge in [0.2, 0.25) is 0 Å². The molecule has 2 rings (SSSR count). The predicted octanol–water partition coefficient (Wildman–Crippen LogP) is 1.89. The molecule has 1 aliphatic rings. The van der Waals surface area contributed by atoms with Gasteiger partial charge in [0.05, 0.1) is 0 Å². The van der Waals surface area contributed by atoms with Gasteiger partial charge in [-0.1, -0.05) is 0 Å². The molecular formula is C12H15ClN2Se2. The van der Waals surface area contributed by atoms with Crippen LogP contribution in [0.15, 0.2) is 35.3 Å². The molecule has 0 spiro atoms. The van der Waals surface area contributed by atoms with Crippen LogP contribution in [0.5, 0.6) is 0 Å². The molecule has 0 fully saturated rings. The zero-order valence-electron chi connectivity index (χ0n) is 9.89. The number of rotatable bonds is 3. The molecule has 1 atom stereocenters. The van der Waals surface area contributed by atoms with Crippen LogP contribution in [0.2, 0.25) is 0 Å². The Morgan fingerprint density at radius 3 is 2.47 bits per heavy atom. The van der Waals surface area contributed by atoms with Crippen molar-refractivity contribution in [3.8, 4) is 0 Å². The molecule has 0 N–H and O–H groups in total. The van der Waals surface area contributed by atoms with Crippen molar-refractivity contribution in [3.63, 3.8) is 0 Å². The summed E-state index contributed by atoms with van der Waals surface area (Å²) in [7, 11) is 5.35. The molecular weight excluding hydrogens is 366 g/mol. The fraction of sp³-hybridized carbons (Fsp3) is 0.333. The van der Waals surface area contributed by atoms with Gasteiger partial charge in [-0.25, -0.2) is 0 Å². The van der Waals surface area contributed by atoms with E-state index in [0.717, 1.165) is 17.6 Å². The SMILES string of the molecule is CCN(CC)C1=NC(c2ccccc2)=[Se](Cl)[Se]1. The molecule has 0 bridgehead atoms. The maximum absolute atomic E-state index is 6.54. The van der Waals surface area contributed by atoms with Crippen molar-refractivity contribution in [1.29, 1.82) is 0 Å². The third-order valence-corrected chi connectivity index (χ3v) is 12.6. The van der Waals surface area contributed by atoms with Gasteiger partial charge in [0.15, 0.2) is 0 Å². The Balaban J connectivity index is 2.27. The number of halogens is 1. The van der Waals surface area contributed by atoms with Gasteiger partial charge < -0.3 is 0 Å². The van der Waals surface area contributed by atoms with Crippen LogP contribution < -0.4 is 0 Å². The summed E-state index contributed by atoms with van der Waals surface area (Å²) in [6.07, 6.45) is 0. The molecule has 0 aliphatic carbocycles. The number of hydrogen-bond acceptors (Lipinski definition) is 2. The van der Waals surface area contributed by atoms with E-state index in [9.17, 15) is 0 Å². The molecule has 0 saturated carbocycles. The molecule has 1 aliphatic heterocycles. The fourth-order valence-corrected chi connectivity index (χ4v) is 11.8. The molecule has 1 unspecified atom stereocenters. The van der Waals surface area contributed by atoms with E-state index in [-0.39, 0.29) is 0 Å². The van der Waals surface area contributed by atoms with Crippen molar-refractivity contribution in [2.75, 3.05) is 13.1 Å². The quantitative estimate of drug-likeness (QED) is 0.731. The van der Waals surface area contributed by atoms with E-state index < -0.39 is 10.7 Å². The molecule has 5 heteroatoms. The van der Waals surface area contributed by atoms with Crippen LogP contribution in [0.4, 0.5) is 0 Å². The maximum atomic E-state index is 6.54. The van der Waals surface area contributed by atoms with E-state index in [1.807, 2.05) is 6.07 Å². The summed E-state index contributed by atoms with van der Waals surface area (Å²) in [4.78, 5) is 7.12. The standard InChI is InChI=1S/C12H15ClN2Se2/c1-3-15(4-2)12-14-11(17(13)16-12)10-8-6-5-7-9-10/h5-9H,3-4H2,1-2H3. The Kier molecular flexibility index (Phi) is 4.84. The van der Waals surface area contributed by atoms with Crippen molar-refractivity contribution in [2.24, 2.45) is 4.99 Å². The summed E-state index contributed by atoms with van der Waals surface area (Å²) in [5.41, 5.74) is 1.21. The third-order valence-electron chi connectivity index (χ3n) is 2.55. The Hall–Kier alpha value is -0.111. The average molecular weight is 381 g/mol. The molecule has 92 valence electrons. The van der Waals surface area contributed by atoms with E-state index in [2.05, 4.69) is 43.0 Å². The zero-order chi connectivity index (χ0) is 12.3. The van der Waals surface area contributed by atoms with E-state index in [4.69, 9.17) is 15.1 Å². The molecule has 1 heterocycles. The first-order chi connectivity index (χ1) is 8.26. The third kappa shape index (κ3) is 3.01. The minimum atomic E-state index is -1.19. The molecule has 1 aromatic rings. The first kappa shape index (κ1) is 13.3. The summed E-state index contributed by atoms with van der Waals surface area (Å²) in [6, 6.07) is 10.4. The average Bonchev–Trinajstić information content (AvgIpc) is 2.74. The van der Waals surface area contributed by atoms with Gasteiger partial charge in [0.1, 0.15) is 0 Å². The van der Waals surface area contributed by atoms with Crippen LogP contribution in [0.25, 0.3) is 0 Å². The Bertz CT molecular complexity index is 453. The number of nitrogens with zero attached hydrogens (tertiary/aromatic N) is 2. The summed E-state index contributed by atoms with van der Waals surface area (Å²) in [5.74, 6) is 0. The van der Waals surface area contributed by atoms with Gasteiger partial charge in [0.25, 0.3) is 0 Å². The van der Waals surface area contributed by atoms with Crippen LogP contribution in [0.3, 0.4) is 0 Å². The molecule has 0 saturated heterocycles. The number of amidine groups is 1. The van der Waals surface area contributed by atoms with E-state index in [1.54, 1.807) is 0 Å². The Labute approximate surface area is 115 Å². The predicted molar refractivity (Wildman–Crippen MR) is 78.3 cm³/mol. The molecule has 0 radical (unpaired) electrons.